The molecule has 18 heavy (non-hydrogen) atoms. The molecule has 0 amide bonds. The molecule has 0 unspecified atom stereocenters. The number of nitrogens with two attached hydrogens (primary N) is 1. The van der Waals surface area contributed by atoms with E-state index in [1.54, 1.807) is 0 Å². The molecule has 1 aromatic heterocycles. The number of benzene rings is 1. The highest BCUT2D eigenvalue weighted by Gasteiger charge is 2.07. The number of fused-ring (bicyclic) bond motifs is 1. The van der Waals surface area contributed by atoms with Crippen LogP contribution in [-0.4, -0.2) is 25.6 Å². The number of aryl methyl sites for hydroxylation is 2. The van der Waals surface area contributed by atoms with Gasteiger partial charge in [-0.1, -0.05) is 12.1 Å². The number of anilines is 1. The number of aromatic nitrogens is 1. The average molecular weight is 243 g/mol. The van der Waals surface area contributed by atoms with Gasteiger partial charge in [0.25, 0.3) is 0 Å². The highest BCUT2D eigenvalue weighted by Crippen LogP contribution is 2.25. The van der Waals surface area contributed by atoms with Crippen molar-refractivity contribution in [3.05, 3.63) is 35.5 Å². The SMILES string of the molecule is Cc1nc2c(N(C)C)cccc2cc1CCCN. The zero-order valence-corrected chi connectivity index (χ0v) is 11.4. The van der Waals surface area contributed by atoms with Crippen molar-refractivity contribution in [2.45, 2.75) is 19.8 Å². The first-order valence-corrected chi connectivity index (χ1v) is 6.40. The molecule has 2 rings (SSSR count). The van der Waals surface area contributed by atoms with Crippen LogP contribution in [0.5, 0.6) is 0 Å². The molecule has 0 aliphatic carbocycles. The summed E-state index contributed by atoms with van der Waals surface area (Å²) < 4.78 is 0. The van der Waals surface area contributed by atoms with Gasteiger partial charge in [0.1, 0.15) is 0 Å². The predicted molar refractivity (Wildman–Crippen MR) is 78.2 cm³/mol. The van der Waals surface area contributed by atoms with Crippen LogP contribution in [0.4, 0.5) is 5.69 Å². The Morgan fingerprint density at radius 3 is 2.72 bits per heavy atom. The van der Waals surface area contributed by atoms with Gasteiger partial charge in [0, 0.05) is 25.2 Å². The lowest BCUT2D eigenvalue weighted by Crippen LogP contribution is -2.10. The third kappa shape index (κ3) is 2.46. The summed E-state index contributed by atoms with van der Waals surface area (Å²) in [4.78, 5) is 6.87. The van der Waals surface area contributed by atoms with Gasteiger partial charge < -0.3 is 10.6 Å². The summed E-state index contributed by atoms with van der Waals surface area (Å²) in [5.41, 5.74) is 10.2. The fourth-order valence-corrected chi connectivity index (χ4v) is 2.23. The van der Waals surface area contributed by atoms with E-state index in [9.17, 15) is 0 Å². The number of hydrogen-bond acceptors (Lipinski definition) is 3. The molecular formula is C15H21N3. The van der Waals surface area contributed by atoms with Gasteiger partial charge in [-0.15, -0.1) is 0 Å². The highest BCUT2D eigenvalue weighted by molar-refractivity contribution is 5.91. The van der Waals surface area contributed by atoms with E-state index in [-0.39, 0.29) is 0 Å². The van der Waals surface area contributed by atoms with Gasteiger partial charge in [0.15, 0.2) is 0 Å². The Kier molecular flexibility index (Phi) is 3.82. The lowest BCUT2D eigenvalue weighted by atomic mass is 10.0. The molecule has 1 aromatic carbocycles. The second-order valence-electron chi connectivity index (χ2n) is 4.87. The van der Waals surface area contributed by atoms with Gasteiger partial charge in [-0.3, -0.25) is 4.98 Å². The summed E-state index contributed by atoms with van der Waals surface area (Å²) >= 11 is 0. The fourth-order valence-electron chi connectivity index (χ4n) is 2.23. The normalized spacial score (nSPS) is 10.9. The summed E-state index contributed by atoms with van der Waals surface area (Å²) in [6.07, 6.45) is 2.03. The first-order valence-electron chi connectivity index (χ1n) is 6.40. The topological polar surface area (TPSA) is 42.2 Å². The van der Waals surface area contributed by atoms with Gasteiger partial charge in [-0.25, -0.2) is 0 Å². The zero-order chi connectivity index (χ0) is 13.1. The Bertz CT molecular complexity index is 547. The van der Waals surface area contributed by atoms with Crippen molar-refractivity contribution in [3.8, 4) is 0 Å². The third-order valence-electron chi connectivity index (χ3n) is 3.25. The molecule has 0 fully saturated rings. The largest absolute Gasteiger partial charge is 0.376 e. The minimum Gasteiger partial charge on any atom is -0.376 e. The van der Waals surface area contributed by atoms with Crippen molar-refractivity contribution in [2.75, 3.05) is 25.5 Å². The van der Waals surface area contributed by atoms with Crippen molar-refractivity contribution in [3.63, 3.8) is 0 Å². The maximum Gasteiger partial charge on any atom is 0.0938 e. The standard InChI is InChI=1S/C15H21N3/c1-11-12(7-5-9-16)10-13-6-4-8-14(18(2)3)15(13)17-11/h4,6,8,10H,5,7,9,16H2,1-3H3. The Hall–Kier alpha value is -1.61. The van der Waals surface area contributed by atoms with Gasteiger partial charge >= 0.3 is 0 Å². The molecule has 3 heteroatoms. The zero-order valence-electron chi connectivity index (χ0n) is 11.4. The number of nitrogens with zero attached hydrogens (tertiary/aromatic N) is 2. The number of hydrogen-bond donors (Lipinski definition) is 1. The summed E-state index contributed by atoms with van der Waals surface area (Å²) in [5.74, 6) is 0. The second-order valence-corrected chi connectivity index (χ2v) is 4.87. The molecule has 0 bridgehead atoms. The summed E-state index contributed by atoms with van der Waals surface area (Å²) in [6.45, 7) is 2.81. The van der Waals surface area contributed by atoms with E-state index in [0.717, 1.165) is 30.6 Å². The van der Waals surface area contributed by atoms with E-state index >= 15 is 0 Å². The molecule has 0 radical (unpaired) electrons. The van der Waals surface area contributed by atoms with Crippen LogP contribution in [0, 0.1) is 6.92 Å². The Morgan fingerprint density at radius 1 is 1.28 bits per heavy atom. The first-order chi connectivity index (χ1) is 8.63. The molecule has 0 saturated carbocycles. The van der Waals surface area contributed by atoms with Crippen LogP contribution in [-0.2, 0) is 6.42 Å². The monoisotopic (exact) mass is 243 g/mol. The minimum absolute atomic E-state index is 0.731. The molecular weight excluding hydrogens is 222 g/mol. The van der Waals surface area contributed by atoms with Crippen LogP contribution >= 0.6 is 0 Å². The van der Waals surface area contributed by atoms with Gasteiger partial charge in [0.05, 0.1) is 11.2 Å². The molecule has 2 N–H and O–H groups in total. The molecule has 0 aliphatic rings. The van der Waals surface area contributed by atoms with Gasteiger partial charge in [0.2, 0.25) is 0 Å². The predicted octanol–water partition coefficient (Wildman–Crippen LogP) is 2.50. The van der Waals surface area contributed by atoms with E-state index in [0.29, 0.717) is 0 Å². The maximum atomic E-state index is 5.58. The lowest BCUT2D eigenvalue weighted by molar-refractivity contribution is 0.824. The van der Waals surface area contributed by atoms with Crippen molar-refractivity contribution < 1.29 is 0 Å². The van der Waals surface area contributed by atoms with Crippen molar-refractivity contribution >= 4 is 16.6 Å². The summed E-state index contributed by atoms with van der Waals surface area (Å²) in [5, 5.41) is 1.21. The minimum atomic E-state index is 0.731. The van der Waals surface area contributed by atoms with Gasteiger partial charge in [-0.2, -0.15) is 0 Å². The van der Waals surface area contributed by atoms with E-state index in [4.69, 9.17) is 10.7 Å². The quantitative estimate of drug-likeness (QED) is 0.897. The van der Waals surface area contributed by atoms with Crippen LogP contribution in [0.25, 0.3) is 10.9 Å². The van der Waals surface area contributed by atoms with Crippen LogP contribution < -0.4 is 10.6 Å². The van der Waals surface area contributed by atoms with Crippen LogP contribution in [0.1, 0.15) is 17.7 Å². The Labute approximate surface area is 109 Å². The van der Waals surface area contributed by atoms with Gasteiger partial charge in [-0.05, 0) is 44.0 Å². The lowest BCUT2D eigenvalue weighted by Gasteiger charge is -2.16. The van der Waals surface area contributed by atoms with Crippen molar-refractivity contribution in [2.24, 2.45) is 5.73 Å². The number of pyridine rings is 1. The summed E-state index contributed by atoms with van der Waals surface area (Å²) in [6, 6.07) is 8.57. The first kappa shape index (κ1) is 12.8. The van der Waals surface area contributed by atoms with E-state index in [1.807, 2.05) is 14.1 Å². The molecule has 1 heterocycles. The molecule has 96 valence electrons. The van der Waals surface area contributed by atoms with E-state index in [1.165, 1.54) is 16.6 Å². The van der Waals surface area contributed by atoms with Crippen LogP contribution in [0.15, 0.2) is 24.3 Å². The summed E-state index contributed by atoms with van der Waals surface area (Å²) in [7, 11) is 4.10. The van der Waals surface area contributed by atoms with E-state index < -0.39 is 0 Å². The molecule has 2 aromatic rings. The maximum absolute atomic E-state index is 5.58. The second kappa shape index (κ2) is 5.36. The highest BCUT2D eigenvalue weighted by atomic mass is 15.1. The third-order valence-corrected chi connectivity index (χ3v) is 3.25. The van der Waals surface area contributed by atoms with Crippen molar-refractivity contribution in [1.82, 2.24) is 4.98 Å². The molecule has 0 saturated heterocycles. The molecule has 0 aliphatic heterocycles. The Balaban J connectivity index is 2.53. The fraction of sp³-hybridized carbons (Fsp3) is 0.400. The number of rotatable bonds is 4. The van der Waals surface area contributed by atoms with E-state index in [2.05, 4.69) is 36.1 Å². The average Bonchev–Trinajstić information content (AvgIpc) is 2.35. The smallest absolute Gasteiger partial charge is 0.0938 e. The van der Waals surface area contributed by atoms with Crippen molar-refractivity contribution in [1.29, 1.82) is 0 Å². The van der Waals surface area contributed by atoms with Crippen LogP contribution in [0.3, 0.4) is 0 Å². The molecule has 0 spiro atoms. The van der Waals surface area contributed by atoms with Crippen LogP contribution in [0.2, 0.25) is 0 Å². The molecule has 3 nitrogen and oxygen atoms in total. The number of para-hydroxylation sites is 1. The molecule has 0 atom stereocenters. The Morgan fingerprint density at radius 2 is 2.06 bits per heavy atom.